The number of rotatable bonds is 3. The van der Waals surface area contributed by atoms with E-state index in [-0.39, 0.29) is 5.97 Å². The number of carbonyl (C=O) groups excluding carboxylic acids is 1. The lowest BCUT2D eigenvalue weighted by Crippen LogP contribution is -1.93. The molecule has 15 heavy (non-hydrogen) atoms. The first-order valence-corrected chi connectivity index (χ1v) is 5.12. The van der Waals surface area contributed by atoms with E-state index in [1.165, 1.54) is 18.7 Å². The van der Waals surface area contributed by atoms with E-state index in [2.05, 4.69) is 29.0 Å². The Labute approximate surface area is 89.6 Å². The van der Waals surface area contributed by atoms with Crippen molar-refractivity contribution in [3.05, 3.63) is 48.0 Å². The molecule has 1 aliphatic carbocycles. The number of methoxy groups -OCH3 is 1. The molecule has 2 rings (SSSR count). The lowest BCUT2D eigenvalue weighted by Gasteiger charge is -1.96. The molecule has 0 aliphatic heterocycles. The van der Waals surface area contributed by atoms with Crippen LogP contribution in [0.3, 0.4) is 0 Å². The Morgan fingerprint density at radius 1 is 1.40 bits per heavy atom. The molecule has 0 N–H and O–H groups in total. The Bertz CT molecular complexity index is 367. The Balaban J connectivity index is 1.92. The largest absolute Gasteiger partial charge is 0.466 e. The van der Waals surface area contributed by atoms with Crippen LogP contribution in [0.1, 0.15) is 17.9 Å². The summed E-state index contributed by atoms with van der Waals surface area (Å²) in [5, 5.41) is 0. The normalized spacial score (nSPS) is 24.1. The second kappa shape index (κ2) is 4.30. The zero-order valence-electron chi connectivity index (χ0n) is 8.72. The monoisotopic (exact) mass is 202 g/mol. The average Bonchev–Trinajstić information content (AvgIpc) is 3.06. The predicted molar refractivity (Wildman–Crippen MR) is 58.4 cm³/mol. The van der Waals surface area contributed by atoms with Gasteiger partial charge in [-0.05, 0) is 23.8 Å². The first-order valence-electron chi connectivity index (χ1n) is 5.12. The van der Waals surface area contributed by atoms with Gasteiger partial charge in [-0.1, -0.05) is 36.4 Å². The molecule has 78 valence electrons. The lowest BCUT2D eigenvalue weighted by molar-refractivity contribution is -0.134. The number of hydrogen-bond donors (Lipinski definition) is 0. The van der Waals surface area contributed by atoms with Crippen molar-refractivity contribution in [2.45, 2.75) is 12.3 Å². The van der Waals surface area contributed by atoms with Crippen LogP contribution in [0.5, 0.6) is 0 Å². The molecule has 1 fully saturated rings. The molecule has 0 bridgehead atoms. The molecule has 0 unspecified atom stereocenters. The fourth-order valence-electron chi connectivity index (χ4n) is 1.78. The van der Waals surface area contributed by atoms with Crippen molar-refractivity contribution in [2.24, 2.45) is 5.92 Å². The van der Waals surface area contributed by atoms with E-state index >= 15 is 0 Å². The molecular formula is C13H14O2. The van der Waals surface area contributed by atoms with E-state index in [0.29, 0.717) is 11.8 Å². The molecule has 0 spiro atoms. The minimum absolute atomic E-state index is 0.270. The van der Waals surface area contributed by atoms with Gasteiger partial charge >= 0.3 is 5.97 Å². The zero-order chi connectivity index (χ0) is 10.7. The maximum absolute atomic E-state index is 10.9. The SMILES string of the molecule is COC(=O)/C=C/[C@H]1C[C@@H]1c1ccccc1. The van der Waals surface area contributed by atoms with Gasteiger partial charge in [0.1, 0.15) is 0 Å². The van der Waals surface area contributed by atoms with Crippen molar-refractivity contribution in [1.29, 1.82) is 0 Å². The van der Waals surface area contributed by atoms with Gasteiger partial charge in [0.05, 0.1) is 7.11 Å². The molecule has 0 saturated heterocycles. The van der Waals surface area contributed by atoms with Gasteiger partial charge in [0.15, 0.2) is 0 Å². The Morgan fingerprint density at radius 3 is 2.80 bits per heavy atom. The third kappa shape index (κ3) is 2.46. The number of esters is 1. The smallest absolute Gasteiger partial charge is 0.330 e. The van der Waals surface area contributed by atoms with Gasteiger partial charge in [-0.3, -0.25) is 0 Å². The van der Waals surface area contributed by atoms with Crippen molar-refractivity contribution in [3.8, 4) is 0 Å². The molecule has 2 atom stereocenters. The molecule has 0 aromatic heterocycles. The van der Waals surface area contributed by atoms with Crippen molar-refractivity contribution in [3.63, 3.8) is 0 Å². The van der Waals surface area contributed by atoms with Crippen LogP contribution in [0, 0.1) is 5.92 Å². The van der Waals surface area contributed by atoms with Crippen LogP contribution < -0.4 is 0 Å². The minimum Gasteiger partial charge on any atom is -0.466 e. The van der Waals surface area contributed by atoms with Crippen LogP contribution in [0.4, 0.5) is 0 Å². The van der Waals surface area contributed by atoms with Crippen LogP contribution in [0.25, 0.3) is 0 Å². The van der Waals surface area contributed by atoms with E-state index in [9.17, 15) is 4.79 Å². The van der Waals surface area contributed by atoms with Crippen LogP contribution in [0.15, 0.2) is 42.5 Å². The molecule has 0 heterocycles. The summed E-state index contributed by atoms with van der Waals surface area (Å²) in [5.74, 6) is 0.826. The first-order chi connectivity index (χ1) is 7.31. The van der Waals surface area contributed by atoms with Crippen LogP contribution >= 0.6 is 0 Å². The summed E-state index contributed by atoms with van der Waals surface area (Å²) in [6.07, 6.45) is 4.61. The second-order valence-electron chi connectivity index (χ2n) is 3.80. The summed E-state index contributed by atoms with van der Waals surface area (Å²) in [6.45, 7) is 0. The van der Waals surface area contributed by atoms with Gasteiger partial charge in [0, 0.05) is 6.08 Å². The van der Waals surface area contributed by atoms with E-state index in [1.54, 1.807) is 0 Å². The fourth-order valence-corrected chi connectivity index (χ4v) is 1.78. The highest BCUT2D eigenvalue weighted by atomic mass is 16.5. The summed E-state index contributed by atoms with van der Waals surface area (Å²) in [7, 11) is 1.40. The molecule has 2 nitrogen and oxygen atoms in total. The highest BCUT2D eigenvalue weighted by Crippen LogP contribution is 2.48. The number of hydrogen-bond acceptors (Lipinski definition) is 2. The van der Waals surface area contributed by atoms with Gasteiger partial charge in [-0.15, -0.1) is 0 Å². The van der Waals surface area contributed by atoms with E-state index < -0.39 is 0 Å². The minimum atomic E-state index is -0.270. The summed E-state index contributed by atoms with van der Waals surface area (Å²) >= 11 is 0. The van der Waals surface area contributed by atoms with Crippen molar-refractivity contribution >= 4 is 5.97 Å². The predicted octanol–water partition coefficient (Wildman–Crippen LogP) is 2.52. The maximum Gasteiger partial charge on any atom is 0.330 e. The molecule has 1 saturated carbocycles. The third-order valence-electron chi connectivity index (χ3n) is 2.75. The van der Waals surface area contributed by atoms with Crippen LogP contribution in [-0.2, 0) is 9.53 Å². The molecule has 2 heteroatoms. The Morgan fingerprint density at radius 2 is 2.13 bits per heavy atom. The van der Waals surface area contributed by atoms with Crippen molar-refractivity contribution < 1.29 is 9.53 Å². The quantitative estimate of drug-likeness (QED) is 0.556. The zero-order valence-corrected chi connectivity index (χ0v) is 8.72. The van der Waals surface area contributed by atoms with Crippen LogP contribution in [0.2, 0.25) is 0 Å². The summed E-state index contributed by atoms with van der Waals surface area (Å²) in [6, 6.07) is 10.4. The fraction of sp³-hybridized carbons (Fsp3) is 0.308. The topological polar surface area (TPSA) is 26.3 Å². The Kier molecular flexibility index (Phi) is 2.86. The van der Waals surface area contributed by atoms with E-state index in [4.69, 9.17) is 0 Å². The lowest BCUT2D eigenvalue weighted by atomic mass is 10.1. The molecule has 0 radical (unpaired) electrons. The van der Waals surface area contributed by atoms with Crippen LogP contribution in [-0.4, -0.2) is 13.1 Å². The summed E-state index contributed by atoms with van der Waals surface area (Å²) < 4.78 is 4.54. The molecule has 1 aromatic rings. The summed E-state index contributed by atoms with van der Waals surface area (Å²) in [4.78, 5) is 10.9. The third-order valence-corrected chi connectivity index (χ3v) is 2.75. The van der Waals surface area contributed by atoms with Gasteiger partial charge in [-0.2, -0.15) is 0 Å². The van der Waals surface area contributed by atoms with Gasteiger partial charge in [0.2, 0.25) is 0 Å². The maximum atomic E-state index is 10.9. The number of ether oxygens (including phenoxy) is 1. The molecule has 0 amide bonds. The second-order valence-corrected chi connectivity index (χ2v) is 3.80. The Hall–Kier alpha value is -1.57. The number of benzene rings is 1. The standard InChI is InChI=1S/C13H14O2/c1-15-13(14)8-7-11-9-12(11)10-5-3-2-4-6-10/h2-8,11-12H,9H2,1H3/b8-7+/t11-,12+/m0/s1. The summed E-state index contributed by atoms with van der Waals surface area (Å²) in [5.41, 5.74) is 1.36. The molecule has 1 aliphatic rings. The number of allylic oxidation sites excluding steroid dienone is 1. The molecule has 1 aromatic carbocycles. The van der Waals surface area contributed by atoms with Gasteiger partial charge in [-0.25, -0.2) is 4.79 Å². The first kappa shape index (κ1) is 9.97. The van der Waals surface area contributed by atoms with Crippen molar-refractivity contribution in [2.75, 3.05) is 7.11 Å². The highest BCUT2D eigenvalue weighted by Gasteiger charge is 2.35. The van der Waals surface area contributed by atoms with Gasteiger partial charge in [0.25, 0.3) is 0 Å². The van der Waals surface area contributed by atoms with Gasteiger partial charge < -0.3 is 4.74 Å². The van der Waals surface area contributed by atoms with E-state index in [0.717, 1.165) is 6.42 Å². The van der Waals surface area contributed by atoms with Crippen molar-refractivity contribution in [1.82, 2.24) is 0 Å². The highest BCUT2D eigenvalue weighted by molar-refractivity contribution is 5.81. The number of carbonyl (C=O) groups is 1. The average molecular weight is 202 g/mol. The molecular weight excluding hydrogens is 188 g/mol. The van der Waals surface area contributed by atoms with E-state index in [1.807, 2.05) is 12.1 Å².